The molecule has 21 heavy (non-hydrogen) atoms. The van der Waals surface area contributed by atoms with E-state index in [9.17, 15) is 0 Å². The summed E-state index contributed by atoms with van der Waals surface area (Å²) in [6, 6.07) is 20.4. The van der Waals surface area contributed by atoms with Crippen LogP contribution in [-0.4, -0.2) is 6.54 Å². The summed E-state index contributed by atoms with van der Waals surface area (Å²) < 4.78 is 0. The number of halogens is 2. The zero-order valence-corrected chi connectivity index (χ0v) is 13.0. The first-order chi connectivity index (χ1) is 10.2. The molecule has 0 aliphatic carbocycles. The molecule has 0 saturated carbocycles. The first-order valence-corrected chi connectivity index (χ1v) is 7.65. The van der Waals surface area contributed by atoms with Crippen molar-refractivity contribution < 1.29 is 0 Å². The highest BCUT2D eigenvalue weighted by molar-refractivity contribution is 6.36. The van der Waals surface area contributed by atoms with Crippen LogP contribution in [0.4, 0.5) is 5.69 Å². The lowest BCUT2D eigenvalue weighted by molar-refractivity contribution is 1.03. The number of hydrogen-bond acceptors (Lipinski definition) is 1. The molecule has 0 radical (unpaired) electrons. The van der Waals surface area contributed by atoms with Gasteiger partial charge in [-0.05, 0) is 41.0 Å². The highest BCUT2D eigenvalue weighted by Crippen LogP contribution is 2.25. The molecule has 0 aromatic heterocycles. The maximum Gasteiger partial charge on any atom is 0.0652 e. The average Bonchev–Trinajstić information content (AvgIpc) is 2.50. The molecule has 0 amide bonds. The van der Waals surface area contributed by atoms with Gasteiger partial charge in [0.2, 0.25) is 0 Å². The third kappa shape index (κ3) is 3.31. The van der Waals surface area contributed by atoms with E-state index in [-0.39, 0.29) is 0 Å². The van der Waals surface area contributed by atoms with Gasteiger partial charge in [0.15, 0.2) is 0 Å². The van der Waals surface area contributed by atoms with Crippen LogP contribution in [0.1, 0.15) is 5.56 Å². The summed E-state index contributed by atoms with van der Waals surface area (Å²) in [4.78, 5) is 0. The van der Waals surface area contributed by atoms with Crippen LogP contribution < -0.4 is 5.32 Å². The predicted octanol–water partition coefficient (Wildman–Crippen LogP) is 5.80. The van der Waals surface area contributed by atoms with Gasteiger partial charge in [-0.15, -0.1) is 0 Å². The SMILES string of the molecule is Clc1ccc(NCCc2cccc3ccccc23)c(Cl)c1. The third-order valence-electron chi connectivity index (χ3n) is 3.52. The van der Waals surface area contributed by atoms with E-state index in [4.69, 9.17) is 23.2 Å². The van der Waals surface area contributed by atoms with Gasteiger partial charge in [-0.3, -0.25) is 0 Å². The second-order valence-electron chi connectivity index (χ2n) is 4.94. The molecule has 1 nitrogen and oxygen atoms in total. The standard InChI is InChI=1S/C18H15Cl2N/c19-15-8-9-18(17(20)12-15)21-11-10-14-6-3-5-13-4-1-2-7-16(13)14/h1-9,12,21H,10-11H2. The van der Waals surface area contributed by atoms with Gasteiger partial charge in [-0.1, -0.05) is 65.7 Å². The first kappa shape index (κ1) is 14.2. The van der Waals surface area contributed by atoms with Crippen LogP contribution in [0, 0.1) is 0 Å². The third-order valence-corrected chi connectivity index (χ3v) is 4.07. The minimum absolute atomic E-state index is 0.652. The summed E-state index contributed by atoms with van der Waals surface area (Å²) in [6.45, 7) is 0.829. The molecule has 0 fully saturated rings. The van der Waals surface area contributed by atoms with Crippen molar-refractivity contribution in [3.8, 4) is 0 Å². The Morgan fingerprint density at radius 3 is 2.52 bits per heavy atom. The summed E-state index contributed by atoms with van der Waals surface area (Å²) in [6.07, 6.45) is 0.945. The van der Waals surface area contributed by atoms with Gasteiger partial charge in [0.1, 0.15) is 0 Å². The Balaban J connectivity index is 1.72. The predicted molar refractivity (Wildman–Crippen MR) is 92.6 cm³/mol. The zero-order chi connectivity index (χ0) is 14.7. The Kier molecular flexibility index (Phi) is 4.33. The molecule has 0 saturated heterocycles. The average molecular weight is 316 g/mol. The summed E-state index contributed by atoms with van der Waals surface area (Å²) >= 11 is 12.1. The minimum atomic E-state index is 0.652. The molecule has 1 N–H and O–H groups in total. The molecule has 0 aliphatic heterocycles. The van der Waals surface area contributed by atoms with Crippen molar-refractivity contribution in [2.75, 3.05) is 11.9 Å². The molecule has 0 bridgehead atoms. The second-order valence-corrected chi connectivity index (χ2v) is 5.78. The molecule has 3 rings (SSSR count). The molecular formula is C18H15Cl2N. The quantitative estimate of drug-likeness (QED) is 0.641. The molecule has 3 aromatic rings. The van der Waals surface area contributed by atoms with Gasteiger partial charge in [0.05, 0.1) is 10.7 Å². The van der Waals surface area contributed by atoms with Crippen molar-refractivity contribution in [3.05, 3.63) is 76.3 Å². The van der Waals surface area contributed by atoms with Crippen LogP contribution in [0.5, 0.6) is 0 Å². The number of hydrogen-bond donors (Lipinski definition) is 1. The van der Waals surface area contributed by atoms with Gasteiger partial charge in [-0.25, -0.2) is 0 Å². The van der Waals surface area contributed by atoms with E-state index in [1.54, 1.807) is 6.07 Å². The van der Waals surface area contributed by atoms with E-state index in [0.29, 0.717) is 10.0 Å². The van der Waals surface area contributed by atoms with Crippen molar-refractivity contribution in [3.63, 3.8) is 0 Å². The molecule has 3 aromatic carbocycles. The molecule has 0 atom stereocenters. The summed E-state index contributed by atoms with van der Waals surface area (Å²) in [7, 11) is 0. The fourth-order valence-electron chi connectivity index (χ4n) is 2.48. The van der Waals surface area contributed by atoms with Crippen molar-refractivity contribution in [2.45, 2.75) is 6.42 Å². The topological polar surface area (TPSA) is 12.0 Å². The lowest BCUT2D eigenvalue weighted by Crippen LogP contribution is -2.05. The van der Waals surface area contributed by atoms with Gasteiger partial charge < -0.3 is 5.32 Å². The van der Waals surface area contributed by atoms with Crippen molar-refractivity contribution in [1.29, 1.82) is 0 Å². The largest absolute Gasteiger partial charge is 0.384 e. The van der Waals surface area contributed by atoms with Gasteiger partial charge in [-0.2, -0.15) is 0 Å². The molecule has 0 unspecified atom stereocenters. The summed E-state index contributed by atoms with van der Waals surface area (Å²) in [5.41, 5.74) is 2.26. The van der Waals surface area contributed by atoms with Gasteiger partial charge in [0.25, 0.3) is 0 Å². The smallest absolute Gasteiger partial charge is 0.0652 e. The van der Waals surface area contributed by atoms with Gasteiger partial charge in [0, 0.05) is 11.6 Å². The Morgan fingerprint density at radius 1 is 0.857 bits per heavy atom. The van der Waals surface area contributed by atoms with E-state index in [0.717, 1.165) is 18.7 Å². The van der Waals surface area contributed by atoms with Crippen LogP contribution in [0.25, 0.3) is 10.8 Å². The van der Waals surface area contributed by atoms with Crippen LogP contribution in [0.15, 0.2) is 60.7 Å². The normalized spacial score (nSPS) is 10.8. The zero-order valence-electron chi connectivity index (χ0n) is 11.4. The maximum atomic E-state index is 6.16. The lowest BCUT2D eigenvalue weighted by atomic mass is 10.0. The van der Waals surface area contributed by atoms with E-state index < -0.39 is 0 Å². The molecule has 0 heterocycles. The van der Waals surface area contributed by atoms with Crippen LogP contribution in [0.3, 0.4) is 0 Å². The number of rotatable bonds is 4. The minimum Gasteiger partial charge on any atom is -0.384 e. The highest BCUT2D eigenvalue weighted by atomic mass is 35.5. The number of nitrogens with one attached hydrogen (secondary N) is 1. The van der Waals surface area contributed by atoms with Crippen molar-refractivity contribution >= 4 is 39.7 Å². The van der Waals surface area contributed by atoms with Crippen molar-refractivity contribution in [1.82, 2.24) is 0 Å². The van der Waals surface area contributed by atoms with Crippen LogP contribution >= 0.6 is 23.2 Å². The summed E-state index contributed by atoms with van der Waals surface area (Å²) in [5, 5.41) is 7.25. The van der Waals surface area contributed by atoms with Crippen LogP contribution in [0.2, 0.25) is 10.0 Å². The number of fused-ring (bicyclic) bond motifs is 1. The Morgan fingerprint density at radius 2 is 1.67 bits per heavy atom. The molecule has 106 valence electrons. The van der Waals surface area contributed by atoms with E-state index in [2.05, 4.69) is 47.8 Å². The Labute approximate surface area is 134 Å². The highest BCUT2D eigenvalue weighted by Gasteiger charge is 2.02. The fourth-order valence-corrected chi connectivity index (χ4v) is 2.95. The maximum absolute atomic E-state index is 6.16. The molecule has 3 heteroatoms. The van der Waals surface area contributed by atoms with E-state index in [1.807, 2.05) is 12.1 Å². The Hall–Kier alpha value is -1.70. The molecule has 0 spiro atoms. The second kappa shape index (κ2) is 6.38. The number of benzene rings is 3. The summed E-state index contributed by atoms with van der Waals surface area (Å²) in [5.74, 6) is 0. The molecule has 0 aliphatic rings. The van der Waals surface area contributed by atoms with Crippen molar-refractivity contribution in [2.24, 2.45) is 0 Å². The first-order valence-electron chi connectivity index (χ1n) is 6.89. The van der Waals surface area contributed by atoms with E-state index in [1.165, 1.54) is 16.3 Å². The van der Waals surface area contributed by atoms with E-state index >= 15 is 0 Å². The van der Waals surface area contributed by atoms with Crippen LogP contribution in [-0.2, 0) is 6.42 Å². The monoisotopic (exact) mass is 315 g/mol. The Bertz CT molecular complexity index is 763. The lowest BCUT2D eigenvalue weighted by Gasteiger charge is -2.10. The van der Waals surface area contributed by atoms with Gasteiger partial charge >= 0.3 is 0 Å². The number of anilines is 1. The fraction of sp³-hybridized carbons (Fsp3) is 0.111. The molecular weight excluding hydrogens is 301 g/mol.